The molecule has 4 aromatic carbocycles. The quantitative estimate of drug-likeness (QED) is 0.310. The number of hydrogen-bond donors (Lipinski definition) is 0. The molecule has 1 aliphatic carbocycles. The molecule has 7 rings (SSSR count). The maximum absolute atomic E-state index is 13.3. The first kappa shape index (κ1) is 19.4. The van der Waals surface area contributed by atoms with Gasteiger partial charge in [-0.2, -0.15) is 0 Å². The highest BCUT2D eigenvalue weighted by molar-refractivity contribution is 8.02. The number of carbonyl (C=O) groups excluding carboxylic acids is 2. The van der Waals surface area contributed by atoms with Crippen LogP contribution in [-0.4, -0.2) is 30.9 Å². The number of benzene rings is 4. The molecular formula is C27H20O4S. The Hall–Kier alpha value is -3.31. The van der Waals surface area contributed by atoms with Crippen molar-refractivity contribution < 1.29 is 19.1 Å². The third-order valence-electron chi connectivity index (χ3n) is 6.78. The van der Waals surface area contributed by atoms with Crippen LogP contribution in [-0.2, 0) is 19.1 Å². The molecule has 4 aromatic rings. The fourth-order valence-corrected chi connectivity index (χ4v) is 7.16. The molecule has 4 nitrogen and oxygen atoms in total. The minimum Gasteiger partial charge on any atom is -0.468 e. The Labute approximate surface area is 189 Å². The highest BCUT2D eigenvalue weighted by Gasteiger charge is 2.64. The summed E-state index contributed by atoms with van der Waals surface area (Å²) in [4.78, 5) is 26.6. The summed E-state index contributed by atoms with van der Waals surface area (Å²) in [6.07, 6.45) is 0. The van der Waals surface area contributed by atoms with Gasteiger partial charge in [0.25, 0.3) is 0 Å². The average molecular weight is 441 g/mol. The van der Waals surface area contributed by atoms with Crippen molar-refractivity contribution in [1.29, 1.82) is 0 Å². The van der Waals surface area contributed by atoms with Crippen molar-refractivity contribution >= 4 is 45.2 Å². The highest BCUT2D eigenvalue weighted by Crippen LogP contribution is 2.65. The van der Waals surface area contributed by atoms with Gasteiger partial charge in [0.2, 0.25) is 4.75 Å². The van der Waals surface area contributed by atoms with Crippen LogP contribution < -0.4 is 0 Å². The van der Waals surface area contributed by atoms with Gasteiger partial charge in [-0.3, -0.25) is 0 Å². The largest absolute Gasteiger partial charge is 0.468 e. The van der Waals surface area contributed by atoms with E-state index in [-0.39, 0.29) is 5.25 Å². The third-order valence-corrected chi connectivity index (χ3v) is 8.46. The maximum atomic E-state index is 13.3. The molecule has 3 aliphatic rings. The molecule has 0 atom stereocenters. The Balaban J connectivity index is 1.73. The van der Waals surface area contributed by atoms with Gasteiger partial charge in [0.15, 0.2) is 0 Å². The maximum Gasteiger partial charge on any atom is 0.334 e. The summed E-state index contributed by atoms with van der Waals surface area (Å²) in [5.74, 6) is -1.64. The van der Waals surface area contributed by atoms with E-state index in [9.17, 15) is 9.59 Å². The monoisotopic (exact) mass is 440 g/mol. The average Bonchev–Trinajstić information content (AvgIpc) is 2.85. The van der Waals surface area contributed by atoms with E-state index in [1.807, 2.05) is 24.3 Å². The molecule has 5 heteroatoms. The Morgan fingerprint density at radius 1 is 0.688 bits per heavy atom. The fraction of sp³-hybridized carbons (Fsp3) is 0.185. The molecule has 0 fully saturated rings. The zero-order valence-corrected chi connectivity index (χ0v) is 18.4. The first-order valence-electron chi connectivity index (χ1n) is 10.5. The smallest absolute Gasteiger partial charge is 0.334 e. The van der Waals surface area contributed by atoms with Crippen molar-refractivity contribution in [3.63, 3.8) is 0 Å². The molecule has 2 bridgehead atoms. The van der Waals surface area contributed by atoms with Gasteiger partial charge in [-0.05, 0) is 55.9 Å². The lowest BCUT2D eigenvalue weighted by molar-refractivity contribution is -0.156. The summed E-state index contributed by atoms with van der Waals surface area (Å²) in [6.45, 7) is 0. The molecule has 2 heterocycles. The van der Waals surface area contributed by atoms with E-state index in [0.717, 1.165) is 43.8 Å². The minimum atomic E-state index is -1.49. The van der Waals surface area contributed by atoms with Crippen molar-refractivity contribution in [3.05, 3.63) is 95.1 Å². The molecule has 0 unspecified atom stereocenters. The number of thioether (sulfide) groups is 1. The lowest BCUT2D eigenvalue weighted by atomic mass is 9.69. The third kappa shape index (κ3) is 2.40. The Bertz CT molecular complexity index is 1340. The van der Waals surface area contributed by atoms with Crippen LogP contribution in [0, 0.1) is 0 Å². The molecule has 2 aliphatic heterocycles. The summed E-state index contributed by atoms with van der Waals surface area (Å²) >= 11 is 1.35. The first-order valence-corrected chi connectivity index (χ1v) is 11.4. The van der Waals surface area contributed by atoms with Gasteiger partial charge in [-0.25, -0.2) is 9.59 Å². The van der Waals surface area contributed by atoms with Crippen molar-refractivity contribution in [2.75, 3.05) is 14.2 Å². The predicted molar refractivity (Wildman–Crippen MR) is 126 cm³/mol. The molecule has 0 N–H and O–H groups in total. The van der Waals surface area contributed by atoms with E-state index < -0.39 is 22.6 Å². The number of hydrogen-bond acceptors (Lipinski definition) is 5. The van der Waals surface area contributed by atoms with Gasteiger partial charge in [0.1, 0.15) is 0 Å². The summed E-state index contributed by atoms with van der Waals surface area (Å²) < 4.78 is 8.94. The second-order valence-corrected chi connectivity index (χ2v) is 9.66. The van der Waals surface area contributed by atoms with Crippen LogP contribution in [0.5, 0.6) is 0 Å². The van der Waals surface area contributed by atoms with Crippen LogP contribution in [0.4, 0.5) is 0 Å². The molecule has 0 radical (unpaired) electrons. The molecule has 0 spiro atoms. The standard InChI is InChI=1S/C27H20O4S/c1-30-25(28)27(26(29)31-2)23-19-11-15-7-3-5-9-17(15)13-21(19)24(32-27)22-14-18-10-6-4-8-16(18)12-20(22)23/h3-14,23-24H,1-2H3. The van der Waals surface area contributed by atoms with Crippen LogP contribution in [0.1, 0.15) is 33.4 Å². The minimum absolute atomic E-state index is 0.183. The number of fused-ring (bicyclic) bond motifs is 3. The van der Waals surface area contributed by atoms with E-state index >= 15 is 0 Å². The number of rotatable bonds is 2. The van der Waals surface area contributed by atoms with E-state index in [4.69, 9.17) is 9.47 Å². The molecule has 0 amide bonds. The van der Waals surface area contributed by atoms with Gasteiger partial charge in [0, 0.05) is 5.92 Å². The summed E-state index contributed by atoms with van der Waals surface area (Å²) in [6, 6.07) is 25.0. The van der Waals surface area contributed by atoms with Gasteiger partial charge < -0.3 is 9.47 Å². The van der Waals surface area contributed by atoms with Crippen LogP contribution in [0.3, 0.4) is 0 Å². The van der Waals surface area contributed by atoms with Crippen LogP contribution in [0.2, 0.25) is 0 Å². The number of esters is 2. The van der Waals surface area contributed by atoms with Crippen molar-refractivity contribution in [2.24, 2.45) is 0 Å². The molecule has 0 saturated carbocycles. The highest BCUT2D eigenvalue weighted by atomic mass is 32.2. The summed E-state index contributed by atoms with van der Waals surface area (Å²) in [5, 5.41) is 4.26. The van der Waals surface area contributed by atoms with E-state index in [1.54, 1.807) is 0 Å². The Morgan fingerprint density at radius 2 is 1.06 bits per heavy atom. The van der Waals surface area contributed by atoms with Crippen molar-refractivity contribution in [2.45, 2.75) is 15.9 Å². The first-order chi connectivity index (χ1) is 15.6. The van der Waals surface area contributed by atoms with E-state index in [0.29, 0.717) is 0 Å². The number of methoxy groups -OCH3 is 2. The van der Waals surface area contributed by atoms with Crippen molar-refractivity contribution in [1.82, 2.24) is 0 Å². The zero-order chi connectivity index (χ0) is 22.0. The lowest BCUT2D eigenvalue weighted by Gasteiger charge is -2.49. The van der Waals surface area contributed by atoms with E-state index in [2.05, 4.69) is 48.5 Å². The fourth-order valence-electron chi connectivity index (χ4n) is 5.38. The Kier molecular flexibility index (Phi) is 4.14. The Morgan fingerprint density at radius 3 is 1.44 bits per heavy atom. The number of ether oxygens (including phenoxy) is 2. The molecule has 32 heavy (non-hydrogen) atoms. The van der Waals surface area contributed by atoms with E-state index in [1.165, 1.54) is 26.0 Å². The SMILES string of the molecule is COC(=O)C1(C(=O)OC)SC2c3cc4ccccc4cc3C1c1cc3ccccc3cc12. The molecular weight excluding hydrogens is 420 g/mol. The topological polar surface area (TPSA) is 52.6 Å². The molecule has 0 saturated heterocycles. The van der Waals surface area contributed by atoms with Crippen LogP contribution >= 0.6 is 11.8 Å². The summed E-state index contributed by atoms with van der Waals surface area (Å²) in [5.41, 5.74) is 4.27. The normalized spacial score (nSPS) is 19.9. The van der Waals surface area contributed by atoms with Gasteiger partial charge in [-0.15, -0.1) is 11.8 Å². The predicted octanol–water partition coefficient (Wildman–Crippen LogP) is 5.36. The van der Waals surface area contributed by atoms with Gasteiger partial charge >= 0.3 is 11.9 Å². The second-order valence-electron chi connectivity index (χ2n) is 8.31. The van der Waals surface area contributed by atoms with Gasteiger partial charge in [-0.1, -0.05) is 60.7 Å². The van der Waals surface area contributed by atoms with Crippen LogP contribution in [0.15, 0.2) is 72.8 Å². The number of carbonyl (C=O) groups is 2. The lowest BCUT2D eigenvalue weighted by Crippen LogP contribution is -2.55. The molecule has 0 aromatic heterocycles. The van der Waals surface area contributed by atoms with Crippen molar-refractivity contribution in [3.8, 4) is 0 Å². The second kappa shape index (κ2) is 6.84. The van der Waals surface area contributed by atoms with Gasteiger partial charge in [0.05, 0.1) is 19.5 Å². The zero-order valence-electron chi connectivity index (χ0n) is 17.6. The van der Waals surface area contributed by atoms with Crippen LogP contribution in [0.25, 0.3) is 21.5 Å². The summed E-state index contributed by atoms with van der Waals surface area (Å²) in [7, 11) is 2.66. The molecule has 158 valence electrons.